The lowest BCUT2D eigenvalue weighted by Gasteiger charge is -2.15. The van der Waals surface area contributed by atoms with Crippen LogP contribution in [0.4, 0.5) is 4.39 Å². The van der Waals surface area contributed by atoms with Gasteiger partial charge in [-0.25, -0.2) is 0 Å². The van der Waals surface area contributed by atoms with Crippen molar-refractivity contribution in [1.82, 2.24) is 0 Å². The predicted molar refractivity (Wildman–Crippen MR) is 53.4 cm³/mol. The largest absolute Gasteiger partial charge is 0.504 e. The summed E-state index contributed by atoms with van der Waals surface area (Å²) in [6.07, 6.45) is 0. The summed E-state index contributed by atoms with van der Waals surface area (Å²) in [6, 6.07) is 0.696. The van der Waals surface area contributed by atoms with Crippen LogP contribution in [0.2, 0.25) is 0 Å². The Morgan fingerprint density at radius 2 is 2.20 bits per heavy atom. The Hall–Kier alpha value is -1.33. The molecule has 1 aromatic carbocycles. The molecule has 0 aromatic heterocycles. The number of ether oxygens (including phenoxy) is 1. The smallest absolute Gasteiger partial charge is 0.207 e. The molecule has 1 rings (SSSR count). The topological polar surface area (TPSA) is 75.7 Å². The maximum Gasteiger partial charge on any atom is 0.207 e. The molecule has 0 amide bonds. The number of phenols is 1. The van der Waals surface area contributed by atoms with Crippen molar-refractivity contribution in [3.8, 4) is 11.5 Å². The number of aryl methyl sites for hydroxylation is 1. The van der Waals surface area contributed by atoms with Crippen molar-refractivity contribution >= 4 is 0 Å². The predicted octanol–water partition coefficient (Wildman–Crippen LogP) is 0.840. The normalized spacial score (nSPS) is 12.6. The molecule has 0 saturated heterocycles. The summed E-state index contributed by atoms with van der Waals surface area (Å²) in [5, 5.41) is 18.3. The molecular weight excluding hydrogens is 201 g/mol. The first-order valence-corrected chi connectivity index (χ1v) is 4.45. The van der Waals surface area contributed by atoms with E-state index >= 15 is 0 Å². The number of methoxy groups -OCH3 is 1. The summed E-state index contributed by atoms with van der Waals surface area (Å²) in [4.78, 5) is 0. The lowest BCUT2D eigenvalue weighted by atomic mass is 10.0. The molecule has 0 heterocycles. The van der Waals surface area contributed by atoms with Crippen molar-refractivity contribution in [2.75, 3.05) is 13.7 Å². The van der Waals surface area contributed by atoms with E-state index in [0.717, 1.165) is 0 Å². The van der Waals surface area contributed by atoms with Gasteiger partial charge in [-0.2, -0.15) is 4.39 Å². The van der Waals surface area contributed by atoms with Crippen LogP contribution in [0.15, 0.2) is 6.07 Å². The molecule has 1 aromatic rings. The number of nitrogens with two attached hydrogens (primary N) is 1. The summed E-state index contributed by atoms with van der Waals surface area (Å²) in [6.45, 7) is 1.27. The Balaban J connectivity index is 3.33. The van der Waals surface area contributed by atoms with Gasteiger partial charge in [-0.15, -0.1) is 0 Å². The van der Waals surface area contributed by atoms with E-state index < -0.39 is 17.6 Å². The fourth-order valence-electron chi connectivity index (χ4n) is 1.41. The molecule has 84 valence electrons. The summed E-state index contributed by atoms with van der Waals surface area (Å²) in [5.41, 5.74) is 6.20. The van der Waals surface area contributed by atoms with Crippen LogP contribution in [0.5, 0.6) is 11.5 Å². The average Bonchev–Trinajstić information content (AvgIpc) is 2.23. The number of rotatable bonds is 3. The first kappa shape index (κ1) is 11.7. The van der Waals surface area contributed by atoms with Gasteiger partial charge in [0.05, 0.1) is 19.8 Å². The van der Waals surface area contributed by atoms with Gasteiger partial charge in [0.2, 0.25) is 5.82 Å². The van der Waals surface area contributed by atoms with Crippen molar-refractivity contribution < 1.29 is 19.3 Å². The van der Waals surface area contributed by atoms with Crippen LogP contribution < -0.4 is 10.5 Å². The molecule has 0 saturated carbocycles. The second-order valence-corrected chi connectivity index (χ2v) is 3.27. The van der Waals surface area contributed by atoms with E-state index in [1.807, 2.05) is 0 Å². The van der Waals surface area contributed by atoms with Crippen LogP contribution in [0, 0.1) is 12.7 Å². The second-order valence-electron chi connectivity index (χ2n) is 3.27. The van der Waals surface area contributed by atoms with Crippen molar-refractivity contribution in [3.05, 3.63) is 23.0 Å². The molecule has 1 atom stereocenters. The van der Waals surface area contributed by atoms with E-state index in [2.05, 4.69) is 0 Å². The standard InChI is InChI=1S/C10H14FNO3/c1-5-3-6(7(12)4-13)9(14)8(11)10(5)15-2/h3,7,13-14H,4,12H2,1-2H3. The third kappa shape index (κ3) is 2.03. The van der Waals surface area contributed by atoms with E-state index in [9.17, 15) is 9.50 Å². The molecule has 0 spiro atoms. The van der Waals surface area contributed by atoms with E-state index in [1.54, 1.807) is 6.92 Å². The highest BCUT2D eigenvalue weighted by molar-refractivity contribution is 5.48. The number of aliphatic hydroxyl groups is 1. The zero-order valence-electron chi connectivity index (χ0n) is 8.62. The van der Waals surface area contributed by atoms with Gasteiger partial charge in [0.25, 0.3) is 0 Å². The highest BCUT2D eigenvalue weighted by Crippen LogP contribution is 2.35. The number of hydrogen-bond donors (Lipinski definition) is 3. The summed E-state index contributed by atoms with van der Waals surface area (Å²) in [5.74, 6) is -1.43. The minimum absolute atomic E-state index is 0.0126. The van der Waals surface area contributed by atoms with Crippen LogP contribution >= 0.6 is 0 Å². The van der Waals surface area contributed by atoms with E-state index in [0.29, 0.717) is 5.56 Å². The van der Waals surface area contributed by atoms with Crippen LogP contribution in [-0.2, 0) is 0 Å². The van der Waals surface area contributed by atoms with Crippen LogP contribution in [0.1, 0.15) is 17.2 Å². The number of hydrogen-bond acceptors (Lipinski definition) is 4. The van der Waals surface area contributed by atoms with Crippen LogP contribution in [-0.4, -0.2) is 23.9 Å². The third-order valence-corrected chi connectivity index (χ3v) is 2.21. The number of aliphatic hydroxyl groups excluding tert-OH is 1. The van der Waals surface area contributed by atoms with Gasteiger partial charge in [-0.3, -0.25) is 0 Å². The minimum Gasteiger partial charge on any atom is -0.504 e. The van der Waals surface area contributed by atoms with Crippen molar-refractivity contribution in [2.24, 2.45) is 5.73 Å². The van der Waals surface area contributed by atoms with E-state index in [1.165, 1.54) is 13.2 Å². The molecule has 0 fully saturated rings. The maximum absolute atomic E-state index is 13.5. The second kappa shape index (κ2) is 4.46. The Morgan fingerprint density at radius 1 is 1.60 bits per heavy atom. The SMILES string of the molecule is COc1c(C)cc(C(N)CO)c(O)c1F. The zero-order valence-corrected chi connectivity index (χ0v) is 8.62. The van der Waals surface area contributed by atoms with Crippen molar-refractivity contribution in [1.29, 1.82) is 0 Å². The monoisotopic (exact) mass is 215 g/mol. The third-order valence-electron chi connectivity index (χ3n) is 2.21. The van der Waals surface area contributed by atoms with Crippen LogP contribution in [0.3, 0.4) is 0 Å². The lowest BCUT2D eigenvalue weighted by Crippen LogP contribution is -2.15. The molecule has 0 aliphatic rings. The first-order valence-electron chi connectivity index (χ1n) is 4.45. The fraction of sp³-hybridized carbons (Fsp3) is 0.400. The number of aromatic hydroxyl groups is 1. The first-order chi connectivity index (χ1) is 7.02. The molecule has 0 aliphatic carbocycles. The lowest BCUT2D eigenvalue weighted by molar-refractivity contribution is 0.263. The maximum atomic E-state index is 13.5. The molecule has 0 bridgehead atoms. The fourth-order valence-corrected chi connectivity index (χ4v) is 1.41. The molecular formula is C10H14FNO3. The molecule has 4 N–H and O–H groups in total. The van der Waals surface area contributed by atoms with Gasteiger partial charge in [0.15, 0.2) is 11.5 Å². The van der Waals surface area contributed by atoms with Gasteiger partial charge in [-0.1, -0.05) is 0 Å². The van der Waals surface area contributed by atoms with Gasteiger partial charge in [0.1, 0.15) is 0 Å². The molecule has 4 nitrogen and oxygen atoms in total. The van der Waals surface area contributed by atoms with Gasteiger partial charge < -0.3 is 20.7 Å². The molecule has 0 radical (unpaired) electrons. The number of benzene rings is 1. The molecule has 5 heteroatoms. The highest BCUT2D eigenvalue weighted by atomic mass is 19.1. The van der Waals surface area contributed by atoms with E-state index in [4.69, 9.17) is 15.6 Å². The Morgan fingerprint density at radius 3 is 2.67 bits per heavy atom. The summed E-state index contributed by atoms with van der Waals surface area (Å²) in [7, 11) is 1.32. The minimum atomic E-state index is -0.851. The number of phenolic OH excluding ortho intramolecular Hbond substituents is 1. The summed E-state index contributed by atoms with van der Waals surface area (Å²) >= 11 is 0. The Kier molecular flexibility index (Phi) is 3.49. The molecule has 0 aliphatic heterocycles. The Bertz CT molecular complexity index is 368. The molecule has 15 heavy (non-hydrogen) atoms. The molecule has 1 unspecified atom stereocenters. The van der Waals surface area contributed by atoms with Crippen LogP contribution in [0.25, 0.3) is 0 Å². The summed E-state index contributed by atoms with van der Waals surface area (Å²) < 4.78 is 18.3. The number of halogens is 1. The van der Waals surface area contributed by atoms with Gasteiger partial charge in [0, 0.05) is 5.56 Å². The average molecular weight is 215 g/mol. The van der Waals surface area contributed by atoms with Crippen molar-refractivity contribution in [2.45, 2.75) is 13.0 Å². The van der Waals surface area contributed by atoms with Gasteiger partial charge in [-0.05, 0) is 18.6 Å². The Labute approximate surface area is 87.1 Å². The zero-order chi connectivity index (χ0) is 11.6. The van der Waals surface area contributed by atoms with Crippen molar-refractivity contribution in [3.63, 3.8) is 0 Å². The van der Waals surface area contributed by atoms with Gasteiger partial charge >= 0.3 is 0 Å². The van der Waals surface area contributed by atoms with E-state index in [-0.39, 0.29) is 17.9 Å². The highest BCUT2D eigenvalue weighted by Gasteiger charge is 2.19. The quantitative estimate of drug-likeness (QED) is 0.698.